The van der Waals surface area contributed by atoms with Gasteiger partial charge in [-0.15, -0.1) is 0 Å². The molecule has 31 heteroatoms. The van der Waals surface area contributed by atoms with E-state index in [1.165, 1.54) is 47.1 Å². The van der Waals surface area contributed by atoms with Crippen molar-refractivity contribution in [2.75, 3.05) is 11.4 Å². The molecular weight excluding hydrogens is 1930 g/mol. The van der Waals surface area contributed by atoms with Gasteiger partial charge in [-0.2, -0.15) is 5.26 Å². The van der Waals surface area contributed by atoms with Crippen LogP contribution in [0.1, 0.15) is 113 Å². The minimum atomic E-state index is -1.06. The van der Waals surface area contributed by atoms with Crippen LogP contribution in [0.5, 0.6) is 0 Å². The number of hydrogen-bond acceptors (Lipinski definition) is 12. The summed E-state index contributed by atoms with van der Waals surface area (Å²) in [6.07, 6.45) is 8.74. The predicted molar refractivity (Wildman–Crippen MR) is 528 cm³/mol. The maximum Gasteiger partial charge on any atom is 0.323 e. The molecular formula is C99H81Br2Cl7N8O14. The van der Waals surface area contributed by atoms with E-state index in [1.807, 2.05) is 86.6 Å². The molecule has 5 aromatic heterocycles. The van der Waals surface area contributed by atoms with Gasteiger partial charge < -0.3 is 53.9 Å². The molecule has 664 valence electrons. The van der Waals surface area contributed by atoms with Gasteiger partial charge in [-0.05, 0) is 237 Å². The Labute approximate surface area is 793 Å². The highest BCUT2D eigenvalue weighted by atomic mass is 79.9. The van der Waals surface area contributed by atoms with Gasteiger partial charge >= 0.3 is 23.9 Å². The van der Waals surface area contributed by atoms with Gasteiger partial charge in [0, 0.05) is 71.8 Å². The zero-order chi connectivity index (χ0) is 93.5. The molecule has 1 amide bonds. The molecule has 1 aliphatic carbocycles. The van der Waals surface area contributed by atoms with Crippen molar-refractivity contribution in [1.82, 2.24) is 22.8 Å². The topological polar surface area (TPSA) is 329 Å². The molecule has 2 aliphatic rings. The van der Waals surface area contributed by atoms with Crippen LogP contribution in [0.3, 0.4) is 0 Å². The minimum Gasteiger partial charge on any atom is -0.480 e. The summed E-state index contributed by atoms with van der Waals surface area (Å²) < 4.78 is 9.12. The Morgan fingerprint density at radius 1 is 0.446 bits per heavy atom. The van der Waals surface area contributed by atoms with Crippen molar-refractivity contribution in [2.45, 2.75) is 131 Å². The third kappa shape index (κ3) is 19.2. The van der Waals surface area contributed by atoms with Gasteiger partial charge in [0.2, 0.25) is 5.91 Å². The van der Waals surface area contributed by atoms with Crippen LogP contribution < -0.4 is 37.8 Å². The van der Waals surface area contributed by atoms with E-state index in [2.05, 4.69) is 69.7 Å². The lowest BCUT2D eigenvalue weighted by Gasteiger charge is -2.23. The first-order chi connectivity index (χ1) is 61.9. The molecule has 0 atom stereocenters. The average molecular weight is 2010 g/mol. The highest BCUT2D eigenvalue weighted by Crippen LogP contribution is 2.42. The van der Waals surface area contributed by atoms with E-state index in [9.17, 15) is 73.6 Å². The molecule has 1 fully saturated rings. The largest absolute Gasteiger partial charge is 0.480 e. The summed E-state index contributed by atoms with van der Waals surface area (Å²) in [5, 5.41) is 53.4. The number of aliphatic carboxylic acids is 4. The van der Waals surface area contributed by atoms with Crippen LogP contribution in [0.15, 0.2) is 215 Å². The van der Waals surface area contributed by atoms with Crippen molar-refractivity contribution in [2.24, 2.45) is 11.1 Å². The van der Waals surface area contributed by atoms with Gasteiger partial charge in [-0.25, -0.2) is 0 Å². The number of aryl methyl sites for hydroxylation is 1. The number of para-hydroxylation sites is 2. The number of nitrogens with two attached hydrogens (primary N) is 1. The zero-order valence-corrected chi connectivity index (χ0v) is 78.8. The Morgan fingerprint density at radius 3 is 1.34 bits per heavy atom. The Balaban J connectivity index is 0.000000132. The van der Waals surface area contributed by atoms with Crippen LogP contribution in [0.2, 0.25) is 35.2 Å². The number of benzene rings is 11. The SMILES string of the molecule is CC(C)(C)CCc1ccc2c(=O)c3ccc(Cl)c(Br)c3n(CC(=O)O)c2c1.CC(C)c1ccc2c(=O)c3ccc(C#N)c(Cl)c3n(CC(=O)O)c2c1.NC(=O)Cn1c2ccccc2c(=O)c2ccc(Cl)c(Cl)c21.O=C(O)Cn1c2cc(C3CCCCC3)ccc2c(=O)c2ccc(Cl)c(Br)c21.O=C(O)Cn1c2cc(N3CCc4ccccc43)ccc2c(=O)c2ccc(Cl)c(Cl)c21. The molecule has 0 radical (unpaired) electrons. The standard InChI is InChI=1S/C23H16Cl2N2O3.C21H19BrClNO3.C21H21BrClNO3.C19H15ClN2O3.C15H10Cl2N2O2/c24-17-8-7-16-22(21(17)25)27(12-20(28)29)19-11-14(5-6-15(19)23(16)30)26-10-9-13-3-1-2-4-18(13)26;22-19-16(23)9-8-15-20(19)24(11-18(25)26)17-10-13(6-7-14(17)21(15)27)12-4-2-1-3-5-12;1-21(2,3)9-8-12-4-5-13-16(10-12)24(11-17(25)26)19-14(20(13)27)6-7-15(23)18(19)22;1-10(2)11-3-5-13-15(7-11)22(9-16(23)24)18-14(19(13)25)6-4-12(8-21)17(18)20;16-10-6-5-9-14(13(10)17)19(7-12(18)20)11-4-2-1-3-8(11)15(9)21/h1-8,11H,9-10,12H2,(H,28,29);6-10,12H,1-5,11H2,(H,25,26);4-7,10H,8-9,11H2,1-3H3,(H,25,26);3-7,10H,9H2,1-2H3,(H,23,24);1-6H,7H2,(H2,18,20). The molecule has 16 aromatic rings. The lowest BCUT2D eigenvalue weighted by molar-refractivity contribution is -0.138. The fraction of sp³-hybridized carbons (Fsp3) is 0.222. The number of amides is 1. The molecule has 1 saturated carbocycles. The van der Waals surface area contributed by atoms with E-state index in [0.717, 1.165) is 61.2 Å². The number of fused-ring (bicyclic) bond motifs is 11. The molecule has 0 spiro atoms. The first-order valence-electron chi connectivity index (χ1n) is 41.3. The van der Waals surface area contributed by atoms with E-state index in [-0.39, 0.29) is 102 Å². The smallest absolute Gasteiger partial charge is 0.323 e. The fourth-order valence-electron chi connectivity index (χ4n) is 17.1. The molecule has 130 heavy (non-hydrogen) atoms. The van der Waals surface area contributed by atoms with Crippen molar-refractivity contribution in [3.8, 4) is 6.07 Å². The fourth-order valence-corrected chi connectivity index (χ4v) is 19.7. The summed E-state index contributed by atoms with van der Waals surface area (Å²) in [7, 11) is 0. The Kier molecular flexibility index (Phi) is 28.5. The number of halogens is 9. The van der Waals surface area contributed by atoms with Crippen LogP contribution in [-0.2, 0) is 69.5 Å². The number of primary amides is 1. The van der Waals surface area contributed by atoms with Gasteiger partial charge in [0.15, 0.2) is 27.1 Å². The number of rotatable bonds is 15. The first kappa shape index (κ1) is 94.5. The molecule has 22 nitrogen and oxygen atoms in total. The number of nitriles is 1. The lowest BCUT2D eigenvalue weighted by atomic mass is 9.84. The van der Waals surface area contributed by atoms with E-state index in [4.69, 9.17) is 86.9 Å². The summed E-state index contributed by atoms with van der Waals surface area (Å²) in [5.41, 5.74) is 16.4. The summed E-state index contributed by atoms with van der Waals surface area (Å²) >= 11 is 50.6. The van der Waals surface area contributed by atoms with Gasteiger partial charge in [0.25, 0.3) is 0 Å². The quantitative estimate of drug-likeness (QED) is 0.0595. The summed E-state index contributed by atoms with van der Waals surface area (Å²) in [5.74, 6) is -3.87. The molecule has 0 saturated heterocycles. The molecule has 0 unspecified atom stereocenters. The zero-order valence-electron chi connectivity index (χ0n) is 70.4. The number of carboxylic acids is 4. The summed E-state index contributed by atoms with van der Waals surface area (Å²) in [6.45, 7) is 10.1. The number of hydrogen-bond donors (Lipinski definition) is 5. The number of carboxylic acid groups (broad SMARTS) is 4. The van der Waals surface area contributed by atoms with E-state index < -0.39 is 29.8 Å². The molecule has 0 bridgehead atoms. The first-order valence-corrected chi connectivity index (χ1v) is 45.5. The monoisotopic (exact) mass is 2010 g/mol. The number of carbonyl (C=O) groups is 5. The molecule has 6 N–H and O–H groups in total. The highest BCUT2D eigenvalue weighted by Gasteiger charge is 2.28. The second-order valence-electron chi connectivity index (χ2n) is 33.3. The summed E-state index contributed by atoms with van der Waals surface area (Å²) in [4.78, 5) is 124. The van der Waals surface area contributed by atoms with Crippen molar-refractivity contribution in [1.29, 1.82) is 5.26 Å². The third-order valence-electron chi connectivity index (χ3n) is 23.3. The van der Waals surface area contributed by atoms with E-state index in [1.54, 1.807) is 109 Å². The van der Waals surface area contributed by atoms with Crippen molar-refractivity contribution in [3.63, 3.8) is 0 Å². The number of pyridine rings is 5. The van der Waals surface area contributed by atoms with Crippen LogP contribution in [0.25, 0.3) is 109 Å². The average Bonchev–Trinajstić information content (AvgIpc) is 1.38. The Bertz CT molecular complexity index is 7830. The van der Waals surface area contributed by atoms with Crippen molar-refractivity contribution < 1.29 is 44.4 Å². The van der Waals surface area contributed by atoms with Gasteiger partial charge in [-0.1, -0.05) is 184 Å². The van der Waals surface area contributed by atoms with Gasteiger partial charge in [0.1, 0.15) is 38.8 Å². The number of nitrogens with zero attached hydrogens (tertiary/aromatic N) is 7. The summed E-state index contributed by atoms with van der Waals surface area (Å²) in [6, 6.07) is 55.6. The normalized spacial score (nSPS) is 12.7. The highest BCUT2D eigenvalue weighted by molar-refractivity contribution is 9.11. The second-order valence-corrected chi connectivity index (χ2v) is 37.6. The van der Waals surface area contributed by atoms with Crippen LogP contribution >= 0.6 is 113 Å². The van der Waals surface area contributed by atoms with Crippen LogP contribution in [0, 0.1) is 16.7 Å². The number of anilines is 2. The van der Waals surface area contributed by atoms with Crippen molar-refractivity contribution >= 4 is 263 Å². The minimum absolute atomic E-state index is 0.0860. The van der Waals surface area contributed by atoms with Crippen LogP contribution in [-0.4, -0.2) is 79.6 Å². The Hall–Kier alpha value is -11.6. The maximum absolute atomic E-state index is 13.1. The van der Waals surface area contributed by atoms with Crippen LogP contribution in [0.4, 0.5) is 11.4 Å². The molecule has 18 rings (SSSR count). The molecule has 6 heterocycles. The molecule has 11 aromatic carbocycles. The third-order valence-corrected chi connectivity index (χ3v) is 28.0. The predicted octanol–water partition coefficient (Wildman–Crippen LogP) is 23.4. The van der Waals surface area contributed by atoms with E-state index in [0.29, 0.717) is 133 Å². The maximum atomic E-state index is 13.1. The number of aromatic nitrogens is 5. The van der Waals surface area contributed by atoms with Gasteiger partial charge in [-0.3, -0.25) is 47.9 Å². The molecule has 1 aliphatic heterocycles. The lowest BCUT2D eigenvalue weighted by Crippen LogP contribution is -2.21. The van der Waals surface area contributed by atoms with Crippen molar-refractivity contribution in [3.05, 3.63) is 305 Å². The Morgan fingerprint density at radius 2 is 0.846 bits per heavy atom. The second kappa shape index (κ2) is 39.2. The van der Waals surface area contributed by atoms with E-state index >= 15 is 0 Å². The number of carbonyl (C=O) groups excluding carboxylic acids is 1. The van der Waals surface area contributed by atoms with Gasteiger partial charge in [0.05, 0.1) is 105 Å².